The Morgan fingerprint density at radius 2 is 1.18 bits per heavy atom. The van der Waals surface area contributed by atoms with Crippen LogP contribution in [0.15, 0.2) is 11.5 Å². The van der Waals surface area contributed by atoms with Crippen LogP contribution in [0.25, 0.3) is 0 Å². The van der Waals surface area contributed by atoms with Gasteiger partial charge in [0.15, 0.2) is 11.9 Å². The molecule has 24 nitrogen and oxygen atoms in total. The van der Waals surface area contributed by atoms with Crippen molar-refractivity contribution in [3.63, 3.8) is 0 Å². The maximum atomic E-state index is 13.4. The Morgan fingerprint density at radius 3 is 1.61 bits per heavy atom. The highest BCUT2D eigenvalue weighted by Crippen LogP contribution is 2.23. The number of carbonyl (C=O) groups excluding carboxylic acids is 7. The number of carboxylic acid groups (broad SMARTS) is 1. The molecule has 9 atom stereocenters. The van der Waals surface area contributed by atoms with Gasteiger partial charge in [-0.2, -0.15) is 0 Å². The third-order valence-electron chi connectivity index (χ3n) is 8.40. The molecule has 0 aromatic heterocycles. The van der Waals surface area contributed by atoms with E-state index in [1.165, 1.54) is 0 Å². The van der Waals surface area contributed by atoms with E-state index in [4.69, 9.17) is 16.2 Å². The molecule has 0 saturated heterocycles. The molecule has 1 aliphatic heterocycles. The first-order valence-corrected chi connectivity index (χ1v) is 18.1. The van der Waals surface area contributed by atoms with Crippen LogP contribution in [0.4, 0.5) is 0 Å². The number of hydrogen-bond acceptors (Lipinski definition) is 18. The van der Waals surface area contributed by atoms with Crippen LogP contribution >= 0.6 is 0 Å². The molecule has 1 aliphatic rings. The molecule has 0 saturated carbocycles. The van der Waals surface area contributed by atoms with E-state index >= 15 is 0 Å². The Bertz CT molecular complexity index is 1440. The second-order valence-electron chi connectivity index (χ2n) is 13.1. The van der Waals surface area contributed by atoms with Gasteiger partial charge in [0.2, 0.25) is 41.4 Å². The van der Waals surface area contributed by atoms with Gasteiger partial charge >= 0.3 is 17.9 Å². The number of carbonyl (C=O) groups is 8. The largest absolute Gasteiger partial charge is 0.505 e. The fraction of sp³-hybridized carbons (Fsp3) is 0.697. The van der Waals surface area contributed by atoms with Crippen LogP contribution in [0, 0.1) is 0 Å². The fourth-order valence-electron chi connectivity index (χ4n) is 5.17. The lowest BCUT2D eigenvalue weighted by Crippen LogP contribution is -2.62. The zero-order valence-electron chi connectivity index (χ0n) is 31.5. The Labute approximate surface area is 326 Å². The van der Waals surface area contributed by atoms with Gasteiger partial charge in [-0.1, -0.05) is 0 Å². The van der Waals surface area contributed by atoms with E-state index in [1.807, 2.05) is 0 Å². The number of unbranched alkanes of at least 4 members (excludes halogenated alkanes) is 2. The average molecular weight is 822 g/mol. The minimum absolute atomic E-state index is 0.0343. The van der Waals surface area contributed by atoms with Gasteiger partial charge in [0, 0.05) is 6.42 Å². The first kappa shape index (κ1) is 49.9. The van der Waals surface area contributed by atoms with Crippen molar-refractivity contribution >= 4 is 47.4 Å². The van der Waals surface area contributed by atoms with E-state index in [-0.39, 0.29) is 25.9 Å². The monoisotopic (exact) mass is 821 g/mol. The number of hydrogen-bond donors (Lipinski definition) is 14. The summed E-state index contributed by atoms with van der Waals surface area (Å²) in [4.78, 5) is 101. The molecule has 5 amide bonds. The van der Waals surface area contributed by atoms with Gasteiger partial charge in [-0.25, -0.2) is 9.59 Å². The standard InChI is InChI=1S/C33H55N7O17/c1-15(43)23(30(51)37-18(8-4-6-12-35)28(49)38-19(13-41)32(53)54)40-31(52)24(16(2)44)39-29(50)17(7-3-5-11-34)36-21(45)9-10-22(46)56-20(14-42)27-25(47)26(48)33(55)57-27/h15-20,23-24,27,41-44,47-48H,3-14,34-35H2,1-2H3,(H,36,45)(H,37,51)(H,38,49)(H,39,50)(H,40,52)(H,53,54)/t15-,16-,17+,18+,19+,20+,23+,24+,27-/m1/s1. The molecule has 0 unspecified atom stereocenters. The van der Waals surface area contributed by atoms with Gasteiger partial charge < -0.3 is 83.3 Å². The van der Waals surface area contributed by atoms with Crippen LogP contribution in [0.5, 0.6) is 0 Å². The van der Waals surface area contributed by atoms with Gasteiger partial charge in [0.05, 0.1) is 31.8 Å². The summed E-state index contributed by atoms with van der Waals surface area (Å²) >= 11 is 0. The average Bonchev–Trinajstić information content (AvgIpc) is 3.41. The topological polar surface area (TPSA) is 409 Å². The van der Waals surface area contributed by atoms with Crippen LogP contribution in [0.1, 0.15) is 65.2 Å². The van der Waals surface area contributed by atoms with Crippen molar-refractivity contribution in [2.75, 3.05) is 26.3 Å². The highest BCUT2D eigenvalue weighted by molar-refractivity contribution is 5.96. The van der Waals surface area contributed by atoms with Crippen molar-refractivity contribution in [3.05, 3.63) is 11.5 Å². The molecule has 0 fully saturated rings. The van der Waals surface area contributed by atoms with Gasteiger partial charge in [0.1, 0.15) is 30.2 Å². The normalized spacial score (nSPS) is 18.0. The first-order chi connectivity index (χ1) is 26.8. The third kappa shape index (κ3) is 16.5. The van der Waals surface area contributed by atoms with E-state index in [9.17, 15) is 74.1 Å². The molecule has 24 heteroatoms. The molecule has 0 aliphatic carbocycles. The molecular formula is C33H55N7O17. The summed E-state index contributed by atoms with van der Waals surface area (Å²) in [5.74, 6) is -11.2. The number of aliphatic carboxylic acids is 1. The van der Waals surface area contributed by atoms with E-state index in [0.717, 1.165) is 13.8 Å². The molecule has 0 bridgehead atoms. The molecule has 1 heterocycles. The van der Waals surface area contributed by atoms with Crippen LogP contribution in [-0.2, 0) is 47.8 Å². The van der Waals surface area contributed by atoms with Gasteiger partial charge in [-0.05, 0) is 65.5 Å². The molecule has 0 aromatic rings. The molecule has 57 heavy (non-hydrogen) atoms. The number of aliphatic hydroxyl groups excluding tert-OH is 6. The second kappa shape index (κ2) is 25.2. The van der Waals surface area contributed by atoms with Crippen molar-refractivity contribution in [1.29, 1.82) is 0 Å². The lowest BCUT2D eigenvalue weighted by molar-refractivity contribution is -0.165. The SMILES string of the molecule is C[C@@H](O)[C@H](NC(=O)[C@H](CCCCN)NC(=O)CCC(=O)O[C@@H](CO)[C@H]1OC(=O)C(O)=C1O)C(=O)N[C@H](C(=O)N[C@@H](CCCCN)C(=O)N[C@@H](CO)C(=O)O)[C@@H](C)O. The quantitative estimate of drug-likeness (QED) is 0.0271. The lowest BCUT2D eigenvalue weighted by atomic mass is 10.0. The summed E-state index contributed by atoms with van der Waals surface area (Å²) < 4.78 is 9.63. The van der Waals surface area contributed by atoms with Crippen LogP contribution < -0.4 is 38.1 Å². The van der Waals surface area contributed by atoms with E-state index < -0.39 is 140 Å². The van der Waals surface area contributed by atoms with E-state index in [0.29, 0.717) is 25.7 Å². The minimum atomic E-state index is -1.79. The summed E-state index contributed by atoms with van der Waals surface area (Å²) in [7, 11) is 0. The van der Waals surface area contributed by atoms with Crippen LogP contribution in [0.2, 0.25) is 0 Å². The van der Waals surface area contributed by atoms with Crippen LogP contribution in [0.3, 0.4) is 0 Å². The number of aliphatic hydroxyl groups is 6. The molecule has 16 N–H and O–H groups in total. The molecule has 0 aromatic carbocycles. The highest BCUT2D eigenvalue weighted by atomic mass is 16.6. The first-order valence-electron chi connectivity index (χ1n) is 18.1. The predicted octanol–water partition coefficient (Wildman–Crippen LogP) is -5.56. The molecule has 0 radical (unpaired) electrons. The smallest absolute Gasteiger partial charge is 0.378 e. The lowest BCUT2D eigenvalue weighted by Gasteiger charge is -2.29. The predicted molar refractivity (Wildman–Crippen MR) is 192 cm³/mol. The van der Waals surface area contributed by atoms with Crippen molar-refractivity contribution < 1.29 is 83.6 Å². The number of cyclic esters (lactones) is 1. The molecule has 0 spiro atoms. The zero-order valence-corrected chi connectivity index (χ0v) is 31.5. The maximum Gasteiger partial charge on any atom is 0.378 e. The van der Waals surface area contributed by atoms with Crippen LogP contribution in [-0.4, -0.2) is 164 Å². The van der Waals surface area contributed by atoms with Crippen molar-refractivity contribution in [2.45, 2.75) is 120 Å². The summed E-state index contributed by atoms with van der Waals surface area (Å²) in [5.41, 5.74) is 11.1. The summed E-state index contributed by atoms with van der Waals surface area (Å²) in [5, 5.41) is 79.4. The van der Waals surface area contributed by atoms with Gasteiger partial charge in [0.25, 0.3) is 0 Å². The highest BCUT2D eigenvalue weighted by Gasteiger charge is 2.42. The second-order valence-corrected chi connectivity index (χ2v) is 13.1. The zero-order chi connectivity index (χ0) is 43.4. The van der Waals surface area contributed by atoms with Gasteiger partial charge in [-0.3, -0.25) is 28.8 Å². The van der Waals surface area contributed by atoms with Crippen molar-refractivity contribution in [1.82, 2.24) is 26.6 Å². The summed E-state index contributed by atoms with van der Waals surface area (Å²) in [6.45, 7) is 0.793. The van der Waals surface area contributed by atoms with Crippen molar-refractivity contribution in [2.24, 2.45) is 11.5 Å². The summed E-state index contributed by atoms with van der Waals surface area (Å²) in [6, 6.07) is -8.03. The number of amides is 5. The number of ether oxygens (including phenoxy) is 2. The number of nitrogens with one attached hydrogen (secondary N) is 5. The Balaban J connectivity index is 3.05. The van der Waals surface area contributed by atoms with Crippen molar-refractivity contribution in [3.8, 4) is 0 Å². The third-order valence-corrected chi connectivity index (χ3v) is 8.40. The Hall–Kier alpha value is -5.14. The Morgan fingerprint density at radius 1 is 0.702 bits per heavy atom. The number of esters is 2. The molecule has 1 rings (SSSR count). The van der Waals surface area contributed by atoms with E-state index in [2.05, 4.69) is 31.3 Å². The van der Waals surface area contributed by atoms with E-state index in [1.54, 1.807) is 0 Å². The Kier molecular flexibility index (Phi) is 22.0. The fourth-order valence-corrected chi connectivity index (χ4v) is 5.17. The number of carboxylic acids is 1. The number of rotatable bonds is 27. The molecule has 324 valence electrons. The minimum Gasteiger partial charge on any atom is -0.505 e. The number of nitrogens with two attached hydrogens (primary N) is 2. The van der Waals surface area contributed by atoms with Gasteiger partial charge in [-0.15, -0.1) is 0 Å². The maximum absolute atomic E-state index is 13.4. The molecular weight excluding hydrogens is 766 g/mol. The summed E-state index contributed by atoms with van der Waals surface area (Å²) in [6.07, 6.45) is -6.46.